The van der Waals surface area contributed by atoms with Crippen LogP contribution < -0.4 is 5.32 Å². The lowest BCUT2D eigenvalue weighted by Crippen LogP contribution is -2.45. The number of nitrogens with one attached hydrogen (secondary N) is 1. The van der Waals surface area contributed by atoms with Crippen LogP contribution in [0.5, 0.6) is 0 Å². The van der Waals surface area contributed by atoms with E-state index in [1.807, 2.05) is 23.1 Å². The Morgan fingerprint density at radius 1 is 1.32 bits per heavy atom. The third-order valence-electron chi connectivity index (χ3n) is 4.35. The molecule has 3 rings (SSSR count). The average molecular weight is 304 g/mol. The Kier molecular flexibility index (Phi) is 5.24. The van der Waals surface area contributed by atoms with Crippen molar-refractivity contribution >= 4 is 6.03 Å². The van der Waals surface area contributed by atoms with E-state index in [2.05, 4.69) is 15.2 Å². The van der Waals surface area contributed by atoms with Crippen LogP contribution >= 0.6 is 0 Å². The van der Waals surface area contributed by atoms with Crippen molar-refractivity contribution in [3.63, 3.8) is 0 Å². The fourth-order valence-electron chi connectivity index (χ4n) is 3.14. The van der Waals surface area contributed by atoms with Crippen molar-refractivity contribution in [2.45, 2.75) is 18.9 Å². The zero-order valence-electron chi connectivity index (χ0n) is 12.9. The van der Waals surface area contributed by atoms with Crippen molar-refractivity contribution in [2.75, 3.05) is 45.9 Å². The number of amides is 2. The molecule has 6 nitrogen and oxygen atoms in total. The number of nitrogens with zero attached hydrogens (tertiary/aromatic N) is 3. The molecule has 3 heterocycles. The first kappa shape index (κ1) is 15.2. The van der Waals surface area contributed by atoms with Crippen LogP contribution in [0.25, 0.3) is 0 Å². The Labute approximate surface area is 131 Å². The lowest BCUT2D eigenvalue weighted by Gasteiger charge is -2.28. The van der Waals surface area contributed by atoms with Crippen LogP contribution in [0.4, 0.5) is 4.79 Å². The maximum absolute atomic E-state index is 12.4. The van der Waals surface area contributed by atoms with Crippen LogP contribution in [0, 0.1) is 0 Å². The number of carbonyl (C=O) groups is 1. The van der Waals surface area contributed by atoms with Crippen molar-refractivity contribution in [3.8, 4) is 0 Å². The van der Waals surface area contributed by atoms with E-state index >= 15 is 0 Å². The van der Waals surface area contributed by atoms with Gasteiger partial charge in [0.05, 0.1) is 24.9 Å². The van der Waals surface area contributed by atoms with E-state index in [1.54, 1.807) is 6.20 Å². The summed E-state index contributed by atoms with van der Waals surface area (Å²) in [5, 5.41) is 3.05. The highest BCUT2D eigenvalue weighted by atomic mass is 16.5. The standard InChI is InChI=1S/C16H24N4O2/c21-16(18-7-9-19-10-12-22-13-11-19)20-8-3-5-15(20)14-4-1-2-6-17-14/h1-2,4,6,15H,3,5,7-13H2,(H,18,21)/t15-/m1/s1. The van der Waals surface area contributed by atoms with E-state index in [0.29, 0.717) is 6.54 Å². The van der Waals surface area contributed by atoms with E-state index in [-0.39, 0.29) is 12.1 Å². The first-order valence-electron chi connectivity index (χ1n) is 8.10. The number of rotatable bonds is 4. The molecule has 2 amide bonds. The zero-order chi connectivity index (χ0) is 15.2. The molecule has 0 spiro atoms. The molecule has 6 heteroatoms. The van der Waals surface area contributed by atoms with Gasteiger partial charge in [-0.1, -0.05) is 6.07 Å². The number of hydrogen-bond acceptors (Lipinski definition) is 4. The van der Waals surface area contributed by atoms with Gasteiger partial charge in [0.15, 0.2) is 0 Å². The molecule has 22 heavy (non-hydrogen) atoms. The van der Waals surface area contributed by atoms with Gasteiger partial charge in [-0.25, -0.2) is 4.79 Å². The fourth-order valence-corrected chi connectivity index (χ4v) is 3.14. The van der Waals surface area contributed by atoms with Gasteiger partial charge < -0.3 is 15.0 Å². The molecule has 1 aromatic rings. The van der Waals surface area contributed by atoms with Crippen molar-refractivity contribution in [2.24, 2.45) is 0 Å². The molecule has 1 atom stereocenters. The number of pyridine rings is 1. The monoisotopic (exact) mass is 304 g/mol. The maximum Gasteiger partial charge on any atom is 0.318 e. The largest absolute Gasteiger partial charge is 0.379 e. The van der Waals surface area contributed by atoms with Gasteiger partial charge in [-0.15, -0.1) is 0 Å². The van der Waals surface area contributed by atoms with Crippen LogP contribution in [-0.4, -0.2) is 66.8 Å². The predicted octanol–water partition coefficient (Wildman–Crippen LogP) is 1.26. The molecule has 120 valence electrons. The van der Waals surface area contributed by atoms with Crippen molar-refractivity contribution in [3.05, 3.63) is 30.1 Å². The Morgan fingerprint density at radius 3 is 2.95 bits per heavy atom. The Balaban J connectivity index is 1.48. The summed E-state index contributed by atoms with van der Waals surface area (Å²) in [6.07, 6.45) is 3.83. The van der Waals surface area contributed by atoms with Crippen LogP contribution in [-0.2, 0) is 4.74 Å². The Morgan fingerprint density at radius 2 is 2.18 bits per heavy atom. The van der Waals surface area contributed by atoms with Gasteiger partial charge in [0.25, 0.3) is 0 Å². The SMILES string of the molecule is O=C(NCCN1CCOCC1)N1CCC[C@@H]1c1ccccn1. The molecule has 0 radical (unpaired) electrons. The van der Waals surface area contributed by atoms with Gasteiger partial charge in [0.2, 0.25) is 0 Å². The molecule has 2 aliphatic heterocycles. The summed E-state index contributed by atoms with van der Waals surface area (Å²) in [5.74, 6) is 0. The van der Waals surface area contributed by atoms with Crippen LogP contribution in [0.3, 0.4) is 0 Å². The van der Waals surface area contributed by atoms with Gasteiger partial charge in [-0.05, 0) is 25.0 Å². The average Bonchev–Trinajstić information content (AvgIpc) is 3.06. The normalized spacial score (nSPS) is 22.7. The van der Waals surface area contributed by atoms with Crippen LogP contribution in [0.1, 0.15) is 24.6 Å². The predicted molar refractivity (Wildman–Crippen MR) is 83.6 cm³/mol. The maximum atomic E-state index is 12.4. The highest BCUT2D eigenvalue weighted by Crippen LogP contribution is 2.30. The number of aromatic nitrogens is 1. The second-order valence-corrected chi connectivity index (χ2v) is 5.79. The molecule has 2 aliphatic rings. The minimum Gasteiger partial charge on any atom is -0.379 e. The third-order valence-corrected chi connectivity index (χ3v) is 4.35. The van der Waals surface area contributed by atoms with E-state index in [4.69, 9.17) is 4.74 Å². The molecule has 0 aliphatic carbocycles. The summed E-state index contributed by atoms with van der Waals surface area (Å²) in [6, 6.07) is 6.04. The number of urea groups is 1. The molecule has 1 aromatic heterocycles. The van der Waals surface area contributed by atoms with Crippen molar-refractivity contribution < 1.29 is 9.53 Å². The summed E-state index contributed by atoms with van der Waals surface area (Å²) in [5.41, 5.74) is 0.989. The topological polar surface area (TPSA) is 57.7 Å². The van der Waals surface area contributed by atoms with Crippen molar-refractivity contribution in [1.82, 2.24) is 20.1 Å². The molecule has 2 saturated heterocycles. The Bertz CT molecular complexity index is 476. The highest BCUT2D eigenvalue weighted by molar-refractivity contribution is 5.75. The van der Waals surface area contributed by atoms with E-state index in [0.717, 1.165) is 57.9 Å². The summed E-state index contributed by atoms with van der Waals surface area (Å²) < 4.78 is 5.33. The van der Waals surface area contributed by atoms with Gasteiger partial charge in [-0.3, -0.25) is 9.88 Å². The molecule has 0 unspecified atom stereocenters. The summed E-state index contributed by atoms with van der Waals surface area (Å²) in [6.45, 7) is 5.88. The summed E-state index contributed by atoms with van der Waals surface area (Å²) >= 11 is 0. The Hall–Kier alpha value is -1.66. The second kappa shape index (κ2) is 7.56. The highest BCUT2D eigenvalue weighted by Gasteiger charge is 2.30. The lowest BCUT2D eigenvalue weighted by atomic mass is 10.1. The van der Waals surface area contributed by atoms with Gasteiger partial charge in [0.1, 0.15) is 0 Å². The minimum atomic E-state index is 0.0291. The van der Waals surface area contributed by atoms with E-state index < -0.39 is 0 Å². The van der Waals surface area contributed by atoms with Gasteiger partial charge in [-0.2, -0.15) is 0 Å². The number of likely N-dealkylation sites (tertiary alicyclic amines) is 1. The smallest absolute Gasteiger partial charge is 0.318 e. The molecule has 2 fully saturated rings. The minimum absolute atomic E-state index is 0.0291. The molecule has 0 bridgehead atoms. The van der Waals surface area contributed by atoms with Gasteiger partial charge in [0, 0.05) is 38.9 Å². The lowest BCUT2D eigenvalue weighted by molar-refractivity contribution is 0.0385. The molecule has 1 N–H and O–H groups in total. The molecular weight excluding hydrogens is 280 g/mol. The molecular formula is C16H24N4O2. The second-order valence-electron chi connectivity index (χ2n) is 5.79. The molecule has 0 saturated carbocycles. The number of ether oxygens (including phenoxy) is 1. The number of morpholine rings is 1. The molecule has 0 aromatic carbocycles. The quantitative estimate of drug-likeness (QED) is 0.910. The number of carbonyl (C=O) groups excluding carboxylic acids is 1. The number of hydrogen-bond donors (Lipinski definition) is 1. The van der Waals surface area contributed by atoms with Gasteiger partial charge >= 0.3 is 6.03 Å². The first-order chi connectivity index (χ1) is 10.8. The third kappa shape index (κ3) is 3.75. The summed E-state index contributed by atoms with van der Waals surface area (Å²) in [4.78, 5) is 21.1. The summed E-state index contributed by atoms with van der Waals surface area (Å²) in [7, 11) is 0. The van der Waals surface area contributed by atoms with Crippen LogP contribution in [0.15, 0.2) is 24.4 Å². The van der Waals surface area contributed by atoms with E-state index in [1.165, 1.54) is 0 Å². The van der Waals surface area contributed by atoms with Crippen LogP contribution in [0.2, 0.25) is 0 Å². The van der Waals surface area contributed by atoms with Crippen molar-refractivity contribution in [1.29, 1.82) is 0 Å². The fraction of sp³-hybridized carbons (Fsp3) is 0.625. The first-order valence-corrected chi connectivity index (χ1v) is 8.10. The zero-order valence-corrected chi connectivity index (χ0v) is 12.9. The van der Waals surface area contributed by atoms with E-state index in [9.17, 15) is 4.79 Å².